The highest BCUT2D eigenvalue weighted by Gasteiger charge is 2.09. The van der Waals surface area contributed by atoms with E-state index in [1.54, 1.807) is 12.3 Å². The van der Waals surface area contributed by atoms with Crippen molar-refractivity contribution in [2.75, 3.05) is 18.5 Å². The van der Waals surface area contributed by atoms with E-state index in [4.69, 9.17) is 0 Å². The van der Waals surface area contributed by atoms with Crippen LogP contribution in [0.3, 0.4) is 0 Å². The van der Waals surface area contributed by atoms with E-state index in [1.807, 2.05) is 36.3 Å². The van der Waals surface area contributed by atoms with Gasteiger partial charge in [-0.05, 0) is 18.7 Å². The lowest BCUT2D eigenvalue weighted by atomic mass is 10.1. The molecule has 1 aromatic carbocycles. The minimum absolute atomic E-state index is 0.165. The second-order valence-corrected chi connectivity index (χ2v) is 4.73. The number of rotatable bonds is 6. The van der Waals surface area contributed by atoms with Crippen LogP contribution in [0.15, 0.2) is 42.7 Å². The second kappa shape index (κ2) is 7.01. The minimum Gasteiger partial charge on any atom is -0.370 e. The maximum absolute atomic E-state index is 13.7. The Morgan fingerprint density at radius 2 is 2.00 bits per heavy atom. The third kappa shape index (κ3) is 3.54. The summed E-state index contributed by atoms with van der Waals surface area (Å²) in [5, 5.41) is 3.29. The highest BCUT2D eigenvalue weighted by molar-refractivity contribution is 5.52. The van der Waals surface area contributed by atoms with Crippen LogP contribution in [0.2, 0.25) is 0 Å². The average molecular weight is 273 g/mol. The molecule has 0 fully saturated rings. The molecule has 0 saturated carbocycles. The topological polar surface area (TPSA) is 28.2 Å². The summed E-state index contributed by atoms with van der Waals surface area (Å²) in [7, 11) is 1.97. The van der Waals surface area contributed by atoms with Crippen LogP contribution >= 0.6 is 0 Å². The van der Waals surface area contributed by atoms with Gasteiger partial charge in [0.2, 0.25) is 0 Å². The van der Waals surface area contributed by atoms with Crippen LogP contribution in [0, 0.1) is 5.82 Å². The normalized spacial score (nSPS) is 10.6. The van der Waals surface area contributed by atoms with Crippen molar-refractivity contribution in [2.24, 2.45) is 0 Å². The van der Waals surface area contributed by atoms with Crippen LogP contribution in [0.25, 0.3) is 0 Å². The lowest BCUT2D eigenvalue weighted by molar-refractivity contribution is 0.607. The monoisotopic (exact) mass is 273 g/mol. The van der Waals surface area contributed by atoms with Crippen LogP contribution < -0.4 is 10.2 Å². The van der Waals surface area contributed by atoms with Gasteiger partial charge in [-0.25, -0.2) is 4.39 Å². The van der Waals surface area contributed by atoms with Gasteiger partial charge in [-0.15, -0.1) is 0 Å². The molecule has 0 bridgehead atoms. The molecule has 0 aliphatic carbocycles. The van der Waals surface area contributed by atoms with Crippen LogP contribution in [-0.2, 0) is 13.1 Å². The average Bonchev–Trinajstić information content (AvgIpc) is 2.47. The molecule has 1 N–H and O–H groups in total. The molecule has 0 radical (unpaired) electrons. The Kier molecular flexibility index (Phi) is 5.07. The minimum atomic E-state index is -0.165. The first-order valence-electron chi connectivity index (χ1n) is 6.80. The molecule has 0 unspecified atom stereocenters. The van der Waals surface area contributed by atoms with Gasteiger partial charge in [0.05, 0.1) is 0 Å². The Morgan fingerprint density at radius 1 is 1.20 bits per heavy atom. The first kappa shape index (κ1) is 14.5. The maximum atomic E-state index is 13.7. The summed E-state index contributed by atoms with van der Waals surface area (Å²) in [6, 6.07) is 8.85. The first-order chi connectivity index (χ1) is 9.72. The third-order valence-electron chi connectivity index (χ3n) is 3.22. The van der Waals surface area contributed by atoms with Gasteiger partial charge in [0.15, 0.2) is 0 Å². The van der Waals surface area contributed by atoms with E-state index in [0.29, 0.717) is 12.1 Å². The second-order valence-electron chi connectivity index (χ2n) is 4.73. The number of pyridine rings is 1. The van der Waals surface area contributed by atoms with Gasteiger partial charge in [0.1, 0.15) is 5.82 Å². The van der Waals surface area contributed by atoms with Gasteiger partial charge in [-0.2, -0.15) is 0 Å². The van der Waals surface area contributed by atoms with Gasteiger partial charge in [-0.1, -0.05) is 25.1 Å². The van der Waals surface area contributed by atoms with Gasteiger partial charge in [-0.3, -0.25) is 4.98 Å². The maximum Gasteiger partial charge on any atom is 0.128 e. The molecular formula is C16H20FN3. The van der Waals surface area contributed by atoms with E-state index in [9.17, 15) is 4.39 Å². The SMILES string of the molecule is CCNCc1cnccc1N(C)Cc1ccccc1F. The summed E-state index contributed by atoms with van der Waals surface area (Å²) in [6.45, 7) is 4.28. The highest BCUT2D eigenvalue weighted by atomic mass is 19.1. The first-order valence-corrected chi connectivity index (χ1v) is 6.80. The van der Waals surface area contributed by atoms with Crippen LogP contribution in [0.5, 0.6) is 0 Å². The smallest absolute Gasteiger partial charge is 0.128 e. The van der Waals surface area contributed by atoms with Crippen molar-refractivity contribution in [3.63, 3.8) is 0 Å². The molecule has 1 heterocycles. The largest absolute Gasteiger partial charge is 0.370 e. The van der Waals surface area contributed by atoms with E-state index in [0.717, 1.165) is 24.3 Å². The van der Waals surface area contributed by atoms with Crippen molar-refractivity contribution in [1.29, 1.82) is 0 Å². The van der Waals surface area contributed by atoms with E-state index in [1.165, 1.54) is 6.07 Å². The number of aromatic nitrogens is 1. The molecular weight excluding hydrogens is 253 g/mol. The summed E-state index contributed by atoms with van der Waals surface area (Å²) in [4.78, 5) is 6.21. The molecule has 2 aromatic rings. The summed E-state index contributed by atoms with van der Waals surface area (Å²) < 4.78 is 13.7. The summed E-state index contributed by atoms with van der Waals surface area (Å²) in [6.07, 6.45) is 3.62. The molecule has 4 heteroatoms. The fraction of sp³-hybridized carbons (Fsp3) is 0.312. The molecule has 106 valence electrons. The number of anilines is 1. The van der Waals surface area contributed by atoms with Gasteiger partial charge in [0.25, 0.3) is 0 Å². The Hall–Kier alpha value is -1.94. The molecule has 3 nitrogen and oxygen atoms in total. The molecule has 0 amide bonds. The molecule has 0 atom stereocenters. The lowest BCUT2D eigenvalue weighted by Crippen LogP contribution is -2.21. The fourth-order valence-corrected chi connectivity index (χ4v) is 2.16. The number of nitrogens with one attached hydrogen (secondary N) is 1. The van der Waals surface area contributed by atoms with E-state index >= 15 is 0 Å². The van der Waals surface area contributed by atoms with Crippen molar-refractivity contribution >= 4 is 5.69 Å². The number of halogens is 1. The van der Waals surface area contributed by atoms with Crippen molar-refractivity contribution in [2.45, 2.75) is 20.0 Å². The zero-order valence-corrected chi connectivity index (χ0v) is 11.9. The summed E-state index contributed by atoms with van der Waals surface area (Å²) in [5.74, 6) is -0.165. The number of nitrogens with zero attached hydrogens (tertiary/aromatic N) is 2. The molecule has 20 heavy (non-hydrogen) atoms. The van der Waals surface area contributed by atoms with Crippen molar-refractivity contribution in [3.05, 3.63) is 59.7 Å². The summed E-state index contributed by atoms with van der Waals surface area (Å²) in [5.41, 5.74) is 2.89. The third-order valence-corrected chi connectivity index (χ3v) is 3.22. The standard InChI is InChI=1S/C16H20FN3/c1-3-18-10-14-11-19-9-8-16(14)20(2)12-13-6-4-5-7-15(13)17/h4-9,11,18H,3,10,12H2,1-2H3. The Balaban J connectivity index is 2.16. The van der Waals surface area contributed by atoms with E-state index in [2.05, 4.69) is 17.2 Å². The Labute approximate surface area is 119 Å². The lowest BCUT2D eigenvalue weighted by Gasteiger charge is -2.22. The molecule has 2 rings (SSSR count). The van der Waals surface area contributed by atoms with E-state index < -0.39 is 0 Å². The Morgan fingerprint density at radius 3 is 2.75 bits per heavy atom. The molecule has 0 spiro atoms. The van der Waals surface area contributed by atoms with Crippen LogP contribution in [0.4, 0.5) is 10.1 Å². The fourth-order valence-electron chi connectivity index (χ4n) is 2.16. The highest BCUT2D eigenvalue weighted by Crippen LogP contribution is 2.20. The van der Waals surface area contributed by atoms with Crippen LogP contribution in [-0.4, -0.2) is 18.6 Å². The van der Waals surface area contributed by atoms with Crippen LogP contribution in [0.1, 0.15) is 18.1 Å². The predicted octanol–water partition coefficient (Wildman–Crippen LogP) is 2.97. The molecule has 1 aromatic heterocycles. The van der Waals surface area contributed by atoms with Gasteiger partial charge in [0, 0.05) is 49.3 Å². The Bertz CT molecular complexity index is 557. The molecule has 0 aliphatic rings. The number of benzene rings is 1. The summed E-state index contributed by atoms with van der Waals surface area (Å²) >= 11 is 0. The van der Waals surface area contributed by atoms with Gasteiger partial charge >= 0.3 is 0 Å². The number of hydrogen-bond donors (Lipinski definition) is 1. The number of hydrogen-bond acceptors (Lipinski definition) is 3. The molecule has 0 aliphatic heterocycles. The van der Waals surface area contributed by atoms with E-state index in [-0.39, 0.29) is 5.82 Å². The zero-order valence-electron chi connectivity index (χ0n) is 11.9. The quantitative estimate of drug-likeness (QED) is 0.877. The van der Waals surface area contributed by atoms with Crippen molar-refractivity contribution in [1.82, 2.24) is 10.3 Å². The zero-order chi connectivity index (χ0) is 14.4. The molecule has 0 saturated heterocycles. The van der Waals surface area contributed by atoms with Crippen molar-refractivity contribution < 1.29 is 4.39 Å². The van der Waals surface area contributed by atoms with Gasteiger partial charge < -0.3 is 10.2 Å². The van der Waals surface area contributed by atoms with Crippen molar-refractivity contribution in [3.8, 4) is 0 Å². The predicted molar refractivity (Wildman–Crippen MR) is 80.1 cm³/mol.